The van der Waals surface area contributed by atoms with Gasteiger partial charge in [-0.15, -0.1) is 11.6 Å². The third kappa shape index (κ3) is 3.86. The molecule has 1 atom stereocenters. The van der Waals surface area contributed by atoms with Crippen molar-refractivity contribution in [3.63, 3.8) is 0 Å². The zero-order valence-corrected chi connectivity index (χ0v) is 13.7. The van der Waals surface area contributed by atoms with Crippen LogP contribution in [0.25, 0.3) is 0 Å². The van der Waals surface area contributed by atoms with Gasteiger partial charge < -0.3 is 9.80 Å². The van der Waals surface area contributed by atoms with Gasteiger partial charge in [0.1, 0.15) is 5.82 Å². The Kier molecular flexibility index (Phi) is 5.67. The van der Waals surface area contributed by atoms with Crippen molar-refractivity contribution in [1.82, 2.24) is 9.88 Å². The molecular weight excluding hydrogens is 270 g/mol. The van der Waals surface area contributed by atoms with E-state index in [1.165, 1.54) is 24.1 Å². The van der Waals surface area contributed by atoms with Crippen LogP contribution >= 0.6 is 11.6 Å². The van der Waals surface area contributed by atoms with E-state index < -0.39 is 0 Å². The van der Waals surface area contributed by atoms with Crippen LogP contribution < -0.4 is 4.90 Å². The molecule has 2 rings (SSSR count). The largest absolute Gasteiger partial charge is 0.355 e. The Hall–Kier alpha value is -0.800. The van der Waals surface area contributed by atoms with E-state index in [1.807, 2.05) is 0 Å². The second-order valence-electron chi connectivity index (χ2n) is 5.91. The van der Waals surface area contributed by atoms with Crippen LogP contribution in [0.1, 0.15) is 37.4 Å². The molecule has 3 nitrogen and oxygen atoms in total. The molecule has 1 aromatic heterocycles. The van der Waals surface area contributed by atoms with Gasteiger partial charge >= 0.3 is 0 Å². The van der Waals surface area contributed by atoms with Gasteiger partial charge in [0.15, 0.2) is 0 Å². The molecule has 1 aromatic rings. The third-order valence-electron chi connectivity index (χ3n) is 4.04. The van der Waals surface area contributed by atoms with E-state index in [0.29, 0.717) is 11.9 Å². The zero-order chi connectivity index (χ0) is 14.5. The van der Waals surface area contributed by atoms with E-state index in [-0.39, 0.29) is 0 Å². The fourth-order valence-corrected chi connectivity index (χ4v) is 3.00. The number of rotatable bonds is 5. The molecule has 2 heterocycles. The van der Waals surface area contributed by atoms with E-state index >= 15 is 0 Å². The monoisotopic (exact) mass is 295 g/mol. The van der Waals surface area contributed by atoms with Crippen molar-refractivity contribution in [2.24, 2.45) is 0 Å². The molecule has 1 aliphatic rings. The van der Waals surface area contributed by atoms with Crippen LogP contribution in [0, 0.1) is 0 Å². The topological polar surface area (TPSA) is 19.4 Å². The lowest BCUT2D eigenvalue weighted by Gasteiger charge is -2.37. The number of halogens is 1. The third-order valence-corrected chi connectivity index (χ3v) is 4.34. The summed E-state index contributed by atoms with van der Waals surface area (Å²) < 4.78 is 0. The van der Waals surface area contributed by atoms with Gasteiger partial charge in [-0.1, -0.05) is 13.3 Å². The maximum Gasteiger partial charge on any atom is 0.129 e. The van der Waals surface area contributed by atoms with Crippen molar-refractivity contribution in [2.75, 3.05) is 32.1 Å². The van der Waals surface area contributed by atoms with Crippen LogP contribution in [0.4, 0.5) is 5.82 Å². The van der Waals surface area contributed by atoms with Gasteiger partial charge in [-0.3, -0.25) is 0 Å². The van der Waals surface area contributed by atoms with E-state index in [1.54, 1.807) is 0 Å². The van der Waals surface area contributed by atoms with Crippen LogP contribution in [0.15, 0.2) is 12.1 Å². The van der Waals surface area contributed by atoms with Crippen LogP contribution in [-0.4, -0.2) is 43.1 Å². The standard InChI is InChI=1S/C16H26ClN3/c1-4-6-14-9-13(11-17)10-16(18-14)20-8-5-7-15(12-20)19(2)3/h9-10,15H,4-8,11-12H2,1-3H3. The predicted octanol–water partition coefficient (Wildman–Crippen LogP) is 3.30. The molecule has 112 valence electrons. The SMILES string of the molecule is CCCc1cc(CCl)cc(N2CCCC(N(C)C)C2)n1. The van der Waals surface area contributed by atoms with Crippen LogP contribution in [0.3, 0.4) is 0 Å². The Morgan fingerprint density at radius 2 is 2.20 bits per heavy atom. The molecule has 0 radical (unpaired) electrons. The molecule has 1 aliphatic heterocycles. The van der Waals surface area contributed by atoms with Gasteiger partial charge in [0, 0.05) is 30.7 Å². The first kappa shape index (κ1) is 15.6. The van der Waals surface area contributed by atoms with Gasteiger partial charge in [0.25, 0.3) is 0 Å². The molecule has 0 aromatic carbocycles. The molecule has 0 N–H and O–H groups in total. The highest BCUT2D eigenvalue weighted by molar-refractivity contribution is 6.17. The Morgan fingerprint density at radius 1 is 1.40 bits per heavy atom. The molecule has 4 heteroatoms. The smallest absolute Gasteiger partial charge is 0.129 e. The maximum atomic E-state index is 6.03. The lowest BCUT2D eigenvalue weighted by molar-refractivity contribution is 0.257. The number of nitrogens with zero attached hydrogens (tertiary/aromatic N) is 3. The number of pyridine rings is 1. The number of hydrogen-bond acceptors (Lipinski definition) is 3. The minimum absolute atomic E-state index is 0.567. The summed E-state index contributed by atoms with van der Waals surface area (Å²) in [6.45, 7) is 4.36. The van der Waals surface area contributed by atoms with Crippen molar-refractivity contribution >= 4 is 17.4 Å². The highest BCUT2D eigenvalue weighted by Crippen LogP contribution is 2.22. The number of hydrogen-bond donors (Lipinski definition) is 0. The van der Waals surface area contributed by atoms with Crippen molar-refractivity contribution in [3.05, 3.63) is 23.4 Å². The van der Waals surface area contributed by atoms with E-state index in [4.69, 9.17) is 16.6 Å². The minimum atomic E-state index is 0.567. The van der Waals surface area contributed by atoms with Gasteiger partial charge in [-0.05, 0) is 51.1 Å². The Labute approximate surface area is 127 Å². The molecule has 0 amide bonds. The first-order chi connectivity index (χ1) is 9.63. The summed E-state index contributed by atoms with van der Waals surface area (Å²) in [5.41, 5.74) is 2.36. The summed E-state index contributed by atoms with van der Waals surface area (Å²) in [5.74, 6) is 1.68. The summed E-state index contributed by atoms with van der Waals surface area (Å²) in [5, 5.41) is 0. The first-order valence-corrected chi connectivity index (χ1v) is 8.14. The fourth-order valence-electron chi connectivity index (χ4n) is 2.84. The zero-order valence-electron chi connectivity index (χ0n) is 12.9. The van der Waals surface area contributed by atoms with Crippen LogP contribution in [0.2, 0.25) is 0 Å². The van der Waals surface area contributed by atoms with Crippen LogP contribution in [-0.2, 0) is 12.3 Å². The number of alkyl halides is 1. The minimum Gasteiger partial charge on any atom is -0.355 e. The van der Waals surface area contributed by atoms with Gasteiger partial charge in [0.2, 0.25) is 0 Å². The van der Waals surface area contributed by atoms with Crippen molar-refractivity contribution < 1.29 is 0 Å². The molecule has 0 saturated carbocycles. The molecule has 1 fully saturated rings. The number of aromatic nitrogens is 1. The summed E-state index contributed by atoms with van der Waals surface area (Å²) in [6.07, 6.45) is 4.67. The lowest BCUT2D eigenvalue weighted by atomic mass is 10.0. The van der Waals surface area contributed by atoms with Gasteiger partial charge in [-0.25, -0.2) is 4.98 Å². The van der Waals surface area contributed by atoms with E-state index in [2.05, 4.69) is 43.0 Å². The van der Waals surface area contributed by atoms with E-state index in [9.17, 15) is 0 Å². The second-order valence-corrected chi connectivity index (χ2v) is 6.18. The first-order valence-electron chi connectivity index (χ1n) is 7.61. The molecule has 20 heavy (non-hydrogen) atoms. The molecular formula is C16H26ClN3. The number of piperidine rings is 1. The molecule has 0 spiro atoms. The van der Waals surface area contributed by atoms with E-state index in [0.717, 1.165) is 31.7 Å². The highest BCUT2D eigenvalue weighted by Gasteiger charge is 2.22. The quantitative estimate of drug-likeness (QED) is 0.777. The summed E-state index contributed by atoms with van der Waals surface area (Å²) in [6, 6.07) is 4.93. The lowest BCUT2D eigenvalue weighted by Crippen LogP contribution is -2.45. The van der Waals surface area contributed by atoms with Crippen LogP contribution in [0.5, 0.6) is 0 Å². The summed E-state index contributed by atoms with van der Waals surface area (Å²) >= 11 is 6.03. The number of aryl methyl sites for hydroxylation is 1. The highest BCUT2D eigenvalue weighted by atomic mass is 35.5. The maximum absolute atomic E-state index is 6.03. The fraction of sp³-hybridized carbons (Fsp3) is 0.688. The number of anilines is 1. The Bertz CT molecular complexity index is 434. The average Bonchev–Trinajstić information content (AvgIpc) is 2.47. The average molecular weight is 296 g/mol. The van der Waals surface area contributed by atoms with Crippen molar-refractivity contribution in [3.8, 4) is 0 Å². The van der Waals surface area contributed by atoms with Gasteiger partial charge in [-0.2, -0.15) is 0 Å². The second kappa shape index (κ2) is 7.28. The molecule has 0 bridgehead atoms. The predicted molar refractivity (Wildman–Crippen MR) is 86.7 cm³/mol. The van der Waals surface area contributed by atoms with Crippen molar-refractivity contribution in [2.45, 2.75) is 44.5 Å². The molecule has 1 saturated heterocycles. The summed E-state index contributed by atoms with van der Waals surface area (Å²) in [4.78, 5) is 9.58. The molecule has 0 aliphatic carbocycles. The Balaban J connectivity index is 2.19. The molecule has 1 unspecified atom stereocenters. The summed E-state index contributed by atoms with van der Waals surface area (Å²) in [7, 11) is 4.33. The normalized spacial score (nSPS) is 19.6. The van der Waals surface area contributed by atoms with Crippen molar-refractivity contribution in [1.29, 1.82) is 0 Å². The Morgan fingerprint density at radius 3 is 2.85 bits per heavy atom. The van der Waals surface area contributed by atoms with Gasteiger partial charge in [0.05, 0.1) is 0 Å². The number of likely N-dealkylation sites (N-methyl/N-ethyl adjacent to an activating group) is 1.